The molecule has 0 aromatic heterocycles. The molecule has 2 aliphatic carbocycles. The number of nitrogens with zero attached hydrogens (tertiary/aromatic N) is 1. The fourth-order valence-electron chi connectivity index (χ4n) is 6.55. The maximum absolute atomic E-state index is 12.8. The van der Waals surface area contributed by atoms with E-state index in [1.807, 2.05) is 12.1 Å². The van der Waals surface area contributed by atoms with Crippen LogP contribution in [0.3, 0.4) is 0 Å². The minimum absolute atomic E-state index is 0.121. The van der Waals surface area contributed by atoms with Gasteiger partial charge >= 0.3 is 6.18 Å². The second-order valence-corrected chi connectivity index (χ2v) is 9.93. The highest BCUT2D eigenvalue weighted by Gasteiger charge is 2.64. The second kappa shape index (κ2) is 7.62. The van der Waals surface area contributed by atoms with E-state index in [-0.39, 0.29) is 29.1 Å². The van der Waals surface area contributed by atoms with Gasteiger partial charge in [0.05, 0.1) is 11.6 Å². The number of piperidine rings is 1. The molecule has 182 valence electrons. The van der Waals surface area contributed by atoms with Gasteiger partial charge in [0, 0.05) is 29.0 Å². The van der Waals surface area contributed by atoms with Gasteiger partial charge in [0.25, 0.3) is 0 Å². The highest BCUT2D eigenvalue weighted by Crippen LogP contribution is 2.62. The third-order valence-electron chi connectivity index (χ3n) is 8.15. The Balaban J connectivity index is 1.27. The molecule has 2 aromatic rings. The van der Waals surface area contributed by atoms with Crippen molar-refractivity contribution in [2.45, 2.75) is 42.6 Å². The van der Waals surface area contributed by atoms with Crippen LogP contribution in [0.1, 0.15) is 28.7 Å². The Bertz CT molecular complexity index is 1250. The molecule has 5 atom stereocenters. The summed E-state index contributed by atoms with van der Waals surface area (Å²) in [4.78, 5) is 15.2. The summed E-state index contributed by atoms with van der Waals surface area (Å²) >= 11 is 0. The first-order valence-corrected chi connectivity index (χ1v) is 11.7. The number of hydrogen-bond donors (Lipinski definition) is 2. The topological polar surface area (TPSA) is 61.8 Å². The van der Waals surface area contributed by atoms with Crippen LogP contribution in [0.25, 0.3) is 6.08 Å². The molecule has 1 amide bonds. The molecule has 0 unspecified atom stereocenters. The summed E-state index contributed by atoms with van der Waals surface area (Å²) in [6.07, 6.45) is 3.98. The lowest BCUT2D eigenvalue weighted by atomic mass is 9.53. The summed E-state index contributed by atoms with van der Waals surface area (Å²) in [6, 6.07) is 8.25. The van der Waals surface area contributed by atoms with Crippen molar-refractivity contribution in [3.63, 3.8) is 0 Å². The van der Waals surface area contributed by atoms with E-state index in [1.54, 1.807) is 6.07 Å². The highest BCUT2D eigenvalue weighted by molar-refractivity contribution is 5.92. The molecule has 2 heterocycles. The number of ether oxygens (including phenoxy) is 1. The molecule has 6 rings (SSSR count). The zero-order valence-corrected chi connectivity index (χ0v) is 19.0. The van der Waals surface area contributed by atoms with E-state index in [0.717, 1.165) is 37.1 Å². The molecule has 8 heteroatoms. The van der Waals surface area contributed by atoms with Gasteiger partial charge < -0.3 is 20.1 Å². The Hall–Kier alpha value is -3.26. The van der Waals surface area contributed by atoms with Crippen LogP contribution in [0.4, 0.5) is 13.2 Å². The van der Waals surface area contributed by atoms with Crippen LogP contribution in [0, 0.1) is 5.92 Å². The Kier molecular flexibility index (Phi) is 4.84. The van der Waals surface area contributed by atoms with Crippen LogP contribution in [0.5, 0.6) is 11.5 Å². The monoisotopic (exact) mass is 482 g/mol. The number of nitrogens with one attached hydrogen (secondary N) is 1. The number of halogens is 3. The van der Waals surface area contributed by atoms with Gasteiger partial charge in [0.1, 0.15) is 6.10 Å². The van der Waals surface area contributed by atoms with Gasteiger partial charge in [-0.15, -0.1) is 0 Å². The molecule has 4 aliphatic rings. The Morgan fingerprint density at radius 3 is 2.71 bits per heavy atom. The van der Waals surface area contributed by atoms with E-state index >= 15 is 0 Å². The number of carbonyl (C=O) groups is 1. The number of alkyl halides is 3. The van der Waals surface area contributed by atoms with Gasteiger partial charge in [0.15, 0.2) is 11.5 Å². The largest absolute Gasteiger partial charge is 0.504 e. The fraction of sp³-hybridized carbons (Fsp3) is 0.370. The molecular formula is C27H25F3N2O3. The van der Waals surface area contributed by atoms with E-state index in [4.69, 9.17) is 4.74 Å². The van der Waals surface area contributed by atoms with Crippen molar-refractivity contribution in [3.8, 4) is 11.5 Å². The number of hydrogen-bond acceptors (Lipinski definition) is 4. The fourth-order valence-corrected chi connectivity index (χ4v) is 6.55. The lowest BCUT2D eigenvalue weighted by Gasteiger charge is -2.57. The average molecular weight is 483 g/mol. The smallest absolute Gasteiger partial charge is 0.416 e. The van der Waals surface area contributed by atoms with E-state index in [2.05, 4.69) is 23.3 Å². The number of likely N-dealkylation sites (tertiary alicyclic amines) is 1. The quantitative estimate of drug-likeness (QED) is 0.512. The van der Waals surface area contributed by atoms with Crippen molar-refractivity contribution in [3.05, 3.63) is 76.9 Å². The van der Waals surface area contributed by atoms with Gasteiger partial charge in [-0.25, -0.2) is 0 Å². The SMILES string of the molecule is CN1CC[C@]23c4c5ccc(O)c4O[C@H]2[C@H](NC(=O)/C=C/c2ccc(C(F)(F)F)cc2)C=C[C@H]3[C@H]1C5. The third-order valence-corrected chi connectivity index (χ3v) is 8.15. The second-order valence-electron chi connectivity index (χ2n) is 9.93. The van der Waals surface area contributed by atoms with Crippen molar-refractivity contribution in [2.75, 3.05) is 13.6 Å². The van der Waals surface area contributed by atoms with E-state index < -0.39 is 17.8 Å². The number of benzene rings is 2. The molecule has 1 saturated heterocycles. The molecule has 2 N–H and O–H groups in total. The third kappa shape index (κ3) is 3.30. The molecule has 0 saturated carbocycles. The van der Waals surface area contributed by atoms with Gasteiger partial charge in [-0.3, -0.25) is 4.79 Å². The van der Waals surface area contributed by atoms with Crippen LogP contribution in [-0.2, 0) is 22.8 Å². The molecular weight excluding hydrogens is 457 g/mol. The Labute approximate surface area is 200 Å². The molecule has 1 fully saturated rings. The summed E-state index contributed by atoms with van der Waals surface area (Å²) < 4.78 is 44.7. The summed E-state index contributed by atoms with van der Waals surface area (Å²) in [5, 5.41) is 13.6. The minimum atomic E-state index is -4.40. The summed E-state index contributed by atoms with van der Waals surface area (Å²) in [5.41, 5.74) is 1.72. The normalized spacial score (nSPS) is 30.7. The maximum Gasteiger partial charge on any atom is 0.416 e. The first-order valence-electron chi connectivity index (χ1n) is 11.7. The van der Waals surface area contributed by atoms with Crippen LogP contribution in [0.2, 0.25) is 0 Å². The van der Waals surface area contributed by atoms with Crippen LogP contribution < -0.4 is 10.1 Å². The number of likely N-dealkylation sites (N-methyl/N-ethyl adjacent to an activating group) is 1. The number of carbonyl (C=O) groups excluding carboxylic acids is 1. The predicted octanol–water partition coefficient (Wildman–Crippen LogP) is 4.05. The molecule has 0 radical (unpaired) electrons. The lowest BCUT2D eigenvalue weighted by Crippen LogP contribution is -2.66. The predicted molar refractivity (Wildman–Crippen MR) is 124 cm³/mol. The molecule has 1 spiro atoms. The van der Waals surface area contributed by atoms with Crippen molar-refractivity contribution in [1.82, 2.24) is 10.2 Å². The highest BCUT2D eigenvalue weighted by atomic mass is 19.4. The zero-order chi connectivity index (χ0) is 24.5. The van der Waals surface area contributed by atoms with Crippen LogP contribution >= 0.6 is 0 Å². The van der Waals surface area contributed by atoms with Crippen molar-refractivity contribution < 1.29 is 27.8 Å². The number of aromatic hydroxyl groups is 1. The molecule has 5 nitrogen and oxygen atoms in total. The lowest BCUT2D eigenvalue weighted by molar-refractivity contribution is -0.137. The van der Waals surface area contributed by atoms with Gasteiger partial charge in [-0.1, -0.05) is 30.4 Å². The summed E-state index contributed by atoms with van der Waals surface area (Å²) in [6.45, 7) is 0.901. The average Bonchev–Trinajstić information content (AvgIpc) is 3.18. The van der Waals surface area contributed by atoms with Gasteiger partial charge in [0.2, 0.25) is 5.91 Å². The van der Waals surface area contributed by atoms with E-state index in [0.29, 0.717) is 17.4 Å². The number of rotatable bonds is 3. The Morgan fingerprint density at radius 1 is 1.20 bits per heavy atom. The minimum Gasteiger partial charge on any atom is -0.504 e. The van der Waals surface area contributed by atoms with Crippen molar-refractivity contribution in [2.24, 2.45) is 5.92 Å². The first-order chi connectivity index (χ1) is 16.7. The van der Waals surface area contributed by atoms with Gasteiger partial charge in [-0.05, 0) is 61.8 Å². The number of phenolic OH excluding ortho intramolecular Hbond substituents is 1. The molecule has 2 bridgehead atoms. The van der Waals surface area contributed by atoms with Crippen LogP contribution in [-0.4, -0.2) is 47.7 Å². The number of phenols is 1. The van der Waals surface area contributed by atoms with Crippen LogP contribution in [0.15, 0.2) is 54.6 Å². The summed E-state index contributed by atoms with van der Waals surface area (Å²) in [7, 11) is 2.14. The maximum atomic E-state index is 12.8. The van der Waals surface area contributed by atoms with Crippen molar-refractivity contribution in [1.29, 1.82) is 0 Å². The standard InChI is InChI=1S/C27H25F3N2O3/c1-32-13-12-26-18-8-9-19(25(26)35-24-21(33)10-5-16(23(24)26)14-20(18)32)31-22(34)11-4-15-2-6-17(7-3-15)27(28,29)30/h2-11,18-20,25,33H,12-14H2,1H3,(H,31,34)/b11-4+/t18-,19+,20+,25-,26-/m0/s1. The molecule has 35 heavy (non-hydrogen) atoms. The van der Waals surface area contributed by atoms with Crippen molar-refractivity contribution >= 4 is 12.0 Å². The molecule has 2 aliphatic heterocycles. The number of amides is 1. The summed E-state index contributed by atoms with van der Waals surface area (Å²) in [5.74, 6) is 0.510. The van der Waals surface area contributed by atoms with E-state index in [1.165, 1.54) is 29.8 Å². The Morgan fingerprint density at radius 2 is 1.97 bits per heavy atom. The first kappa shape index (κ1) is 22.2. The van der Waals surface area contributed by atoms with Gasteiger partial charge in [-0.2, -0.15) is 13.2 Å². The zero-order valence-electron chi connectivity index (χ0n) is 19.0. The van der Waals surface area contributed by atoms with E-state index in [9.17, 15) is 23.1 Å². The molecule has 2 aromatic carbocycles.